The maximum Gasteiger partial charge on any atom is 0.350 e. The summed E-state index contributed by atoms with van der Waals surface area (Å²) in [5, 5.41) is 0. The lowest BCUT2D eigenvalue weighted by Crippen LogP contribution is -2.29. The molecule has 0 radical (unpaired) electrons. The molecule has 0 spiro atoms. The van der Waals surface area contributed by atoms with Crippen LogP contribution in [0.15, 0.2) is 24.3 Å². The summed E-state index contributed by atoms with van der Waals surface area (Å²) < 4.78 is 47.5. The highest BCUT2D eigenvalue weighted by atomic mass is 32.2. The number of halogens is 2. The normalized spacial score (nSPS) is 11.7. The van der Waals surface area contributed by atoms with Crippen molar-refractivity contribution in [2.24, 2.45) is 5.73 Å². The second-order valence-corrected chi connectivity index (χ2v) is 5.37. The number of sulfonamides is 1. The number of alkyl halides is 2. The fraction of sp³-hybridized carbons (Fsp3) is 0.222. The van der Waals surface area contributed by atoms with E-state index in [2.05, 4.69) is 0 Å². The van der Waals surface area contributed by atoms with Gasteiger partial charge in [-0.1, -0.05) is 30.4 Å². The van der Waals surface area contributed by atoms with Crippen LogP contribution >= 0.6 is 12.2 Å². The molecule has 0 fully saturated rings. The third kappa shape index (κ3) is 3.99. The molecule has 8 heteroatoms. The van der Waals surface area contributed by atoms with Crippen LogP contribution in [0.4, 0.5) is 8.78 Å². The van der Waals surface area contributed by atoms with Crippen LogP contribution in [0.3, 0.4) is 0 Å². The van der Waals surface area contributed by atoms with Gasteiger partial charge in [-0.25, -0.2) is 13.1 Å². The summed E-state index contributed by atoms with van der Waals surface area (Å²) >= 11 is 4.74. The molecular formula is C9H10F2N2O2S2. The molecule has 94 valence electrons. The molecule has 3 N–H and O–H groups in total. The van der Waals surface area contributed by atoms with E-state index in [-0.39, 0.29) is 11.5 Å². The number of nitrogens with two attached hydrogens (primary N) is 1. The molecule has 17 heavy (non-hydrogen) atoms. The van der Waals surface area contributed by atoms with Crippen LogP contribution in [-0.2, 0) is 16.6 Å². The van der Waals surface area contributed by atoms with Crippen molar-refractivity contribution in [3.8, 4) is 0 Å². The first kappa shape index (κ1) is 13.9. The lowest BCUT2D eigenvalue weighted by Gasteiger charge is -2.06. The predicted octanol–water partition coefficient (Wildman–Crippen LogP) is 0.963. The van der Waals surface area contributed by atoms with Gasteiger partial charge in [0.15, 0.2) is 0 Å². The van der Waals surface area contributed by atoms with Crippen LogP contribution in [0.5, 0.6) is 0 Å². The van der Waals surface area contributed by atoms with Crippen molar-refractivity contribution in [2.45, 2.75) is 12.3 Å². The van der Waals surface area contributed by atoms with Crippen molar-refractivity contribution < 1.29 is 17.2 Å². The topological polar surface area (TPSA) is 72.2 Å². The third-order valence-electron chi connectivity index (χ3n) is 1.92. The molecule has 0 aliphatic rings. The Morgan fingerprint density at radius 3 is 2.65 bits per heavy atom. The molecule has 0 saturated carbocycles. The van der Waals surface area contributed by atoms with E-state index in [9.17, 15) is 17.2 Å². The molecule has 0 amide bonds. The second kappa shape index (κ2) is 5.48. The van der Waals surface area contributed by atoms with E-state index in [4.69, 9.17) is 18.0 Å². The molecule has 0 unspecified atom stereocenters. The van der Waals surface area contributed by atoms with Gasteiger partial charge in [0.2, 0.25) is 0 Å². The largest absolute Gasteiger partial charge is 0.389 e. The Hall–Kier alpha value is -1.12. The molecule has 0 atom stereocenters. The van der Waals surface area contributed by atoms with Crippen LogP contribution in [-0.4, -0.2) is 19.2 Å². The second-order valence-electron chi connectivity index (χ2n) is 3.19. The fourth-order valence-electron chi connectivity index (χ4n) is 1.08. The quantitative estimate of drug-likeness (QED) is 0.788. The molecule has 1 aromatic carbocycles. The van der Waals surface area contributed by atoms with E-state index in [1.54, 1.807) is 22.9 Å². The average molecular weight is 280 g/mol. The van der Waals surface area contributed by atoms with Crippen molar-refractivity contribution in [3.05, 3.63) is 35.4 Å². The summed E-state index contributed by atoms with van der Waals surface area (Å²) in [5.41, 5.74) is 6.43. The first-order valence-electron chi connectivity index (χ1n) is 4.48. The summed E-state index contributed by atoms with van der Waals surface area (Å²) in [7, 11) is -4.58. The van der Waals surface area contributed by atoms with Crippen LogP contribution < -0.4 is 10.5 Å². The van der Waals surface area contributed by atoms with Crippen LogP contribution in [0.1, 0.15) is 11.1 Å². The van der Waals surface area contributed by atoms with Crippen LogP contribution in [0, 0.1) is 0 Å². The van der Waals surface area contributed by atoms with Gasteiger partial charge in [-0.3, -0.25) is 0 Å². The highest BCUT2D eigenvalue weighted by molar-refractivity contribution is 7.89. The average Bonchev–Trinajstić information content (AvgIpc) is 2.26. The van der Waals surface area contributed by atoms with Crippen molar-refractivity contribution in [1.82, 2.24) is 4.72 Å². The van der Waals surface area contributed by atoms with Crippen LogP contribution in [0.25, 0.3) is 0 Å². The summed E-state index contributed by atoms with van der Waals surface area (Å²) in [6.45, 7) is -0.233. The van der Waals surface area contributed by atoms with Gasteiger partial charge in [-0.15, -0.1) is 0 Å². The summed E-state index contributed by atoms with van der Waals surface area (Å²) in [6, 6.07) is 6.38. The van der Waals surface area contributed by atoms with Gasteiger partial charge in [-0.05, 0) is 11.6 Å². The van der Waals surface area contributed by atoms with E-state index in [0.29, 0.717) is 11.1 Å². The maximum atomic E-state index is 12.0. The number of thiocarbonyl (C=S) groups is 1. The third-order valence-corrected chi connectivity index (χ3v) is 3.18. The fourth-order valence-corrected chi connectivity index (χ4v) is 1.70. The van der Waals surface area contributed by atoms with Gasteiger partial charge in [0.05, 0.1) is 0 Å². The molecule has 1 aromatic rings. The first-order valence-corrected chi connectivity index (χ1v) is 6.44. The Labute approximate surface area is 103 Å². The molecule has 0 aromatic heterocycles. The van der Waals surface area contributed by atoms with Gasteiger partial charge >= 0.3 is 5.76 Å². The molecule has 0 saturated heterocycles. The lowest BCUT2D eigenvalue weighted by molar-refractivity contribution is 0.232. The molecule has 4 nitrogen and oxygen atoms in total. The number of hydrogen-bond acceptors (Lipinski definition) is 3. The van der Waals surface area contributed by atoms with E-state index in [1.807, 2.05) is 0 Å². The molecule has 0 heterocycles. The van der Waals surface area contributed by atoms with E-state index >= 15 is 0 Å². The number of hydrogen-bond donors (Lipinski definition) is 2. The summed E-state index contributed by atoms with van der Waals surface area (Å²) in [6.07, 6.45) is 0. The van der Waals surface area contributed by atoms with Gasteiger partial charge in [-0.2, -0.15) is 8.78 Å². The van der Waals surface area contributed by atoms with Gasteiger partial charge in [0.25, 0.3) is 10.0 Å². The zero-order valence-electron chi connectivity index (χ0n) is 8.56. The van der Waals surface area contributed by atoms with Crippen molar-refractivity contribution in [1.29, 1.82) is 0 Å². The van der Waals surface area contributed by atoms with Gasteiger partial charge in [0, 0.05) is 12.1 Å². The number of nitrogens with one attached hydrogen (secondary N) is 1. The summed E-state index contributed by atoms with van der Waals surface area (Å²) in [4.78, 5) is 0.156. The Morgan fingerprint density at radius 2 is 2.12 bits per heavy atom. The van der Waals surface area contributed by atoms with Crippen molar-refractivity contribution in [3.63, 3.8) is 0 Å². The zero-order chi connectivity index (χ0) is 13.1. The molecular weight excluding hydrogens is 270 g/mol. The standard InChI is InChI=1S/C9H10F2N2O2S2/c10-9(11)17(14,15)13-5-6-2-1-3-7(4-6)8(12)16/h1-4,9,13H,5H2,(H2,12,16). The lowest BCUT2D eigenvalue weighted by atomic mass is 10.1. The van der Waals surface area contributed by atoms with Crippen molar-refractivity contribution in [2.75, 3.05) is 0 Å². The van der Waals surface area contributed by atoms with Gasteiger partial charge in [0.1, 0.15) is 4.99 Å². The number of benzene rings is 1. The minimum atomic E-state index is -4.58. The Bertz CT molecular complexity index is 517. The minimum Gasteiger partial charge on any atom is -0.389 e. The SMILES string of the molecule is NC(=S)c1cccc(CNS(=O)(=O)C(F)F)c1. The van der Waals surface area contributed by atoms with E-state index in [0.717, 1.165) is 0 Å². The predicted molar refractivity (Wildman–Crippen MR) is 64.1 cm³/mol. The highest BCUT2D eigenvalue weighted by Gasteiger charge is 2.22. The summed E-state index contributed by atoms with van der Waals surface area (Å²) in [5.74, 6) is -3.44. The van der Waals surface area contributed by atoms with Crippen molar-refractivity contribution >= 4 is 27.2 Å². The monoisotopic (exact) mass is 280 g/mol. The maximum absolute atomic E-state index is 12.0. The Kier molecular flexibility index (Phi) is 4.49. The minimum absolute atomic E-state index is 0.156. The molecule has 0 aliphatic carbocycles. The Balaban J connectivity index is 2.77. The molecule has 1 rings (SSSR count). The molecule has 0 aliphatic heterocycles. The van der Waals surface area contributed by atoms with Crippen LogP contribution in [0.2, 0.25) is 0 Å². The zero-order valence-corrected chi connectivity index (χ0v) is 10.2. The van der Waals surface area contributed by atoms with Gasteiger partial charge < -0.3 is 5.73 Å². The molecule has 0 bridgehead atoms. The number of rotatable bonds is 5. The smallest absolute Gasteiger partial charge is 0.350 e. The first-order chi connectivity index (χ1) is 7.83. The Morgan fingerprint density at radius 1 is 1.47 bits per heavy atom. The highest BCUT2D eigenvalue weighted by Crippen LogP contribution is 2.07. The van der Waals surface area contributed by atoms with E-state index in [1.165, 1.54) is 6.07 Å². The van der Waals surface area contributed by atoms with E-state index < -0.39 is 15.8 Å².